The third kappa shape index (κ3) is 4.61. The Labute approximate surface area is 127 Å². The molecule has 0 radical (unpaired) electrons. The van der Waals surface area contributed by atoms with Gasteiger partial charge in [-0.3, -0.25) is 0 Å². The van der Waals surface area contributed by atoms with Crippen molar-refractivity contribution in [1.29, 1.82) is 5.26 Å². The highest BCUT2D eigenvalue weighted by Gasteiger charge is 2.31. The minimum atomic E-state index is -1.39. The Bertz CT molecular complexity index is 533. The summed E-state index contributed by atoms with van der Waals surface area (Å²) in [5.41, 5.74) is 1.11. The molecular weight excluding hydrogens is 288 g/mol. The van der Waals surface area contributed by atoms with Crippen LogP contribution in [0.2, 0.25) is 0 Å². The second kappa shape index (κ2) is 7.14. The maximum atomic E-state index is 12.2. The lowest BCUT2D eigenvalue weighted by atomic mass is 10.1. The van der Waals surface area contributed by atoms with E-state index < -0.39 is 22.8 Å². The monoisotopic (exact) mass is 308 g/mol. The second-order valence-electron chi connectivity index (χ2n) is 5.25. The van der Waals surface area contributed by atoms with Gasteiger partial charge in [-0.1, -0.05) is 17.7 Å². The van der Waals surface area contributed by atoms with Crippen LogP contribution in [0.1, 0.15) is 25.3 Å². The molecule has 1 aromatic rings. The summed E-state index contributed by atoms with van der Waals surface area (Å²) in [6.07, 6.45) is 1.11. The lowest BCUT2D eigenvalue weighted by Gasteiger charge is -2.23. The standard InChI is InChI=1S/C15H20N2O3S/c1-12-3-5-14(6-4-12)21(18)17-13(11-16)7-8-15(2)19-9-10-20-15/h3-6,13,17H,7-10H2,1-2H3/t13-,21?/m0/s1. The molecule has 1 fully saturated rings. The third-order valence-electron chi connectivity index (χ3n) is 3.43. The predicted octanol–water partition coefficient (Wildman–Crippen LogP) is 2.04. The lowest BCUT2D eigenvalue weighted by Crippen LogP contribution is -2.33. The van der Waals surface area contributed by atoms with E-state index in [0.717, 1.165) is 5.56 Å². The summed E-state index contributed by atoms with van der Waals surface area (Å²) >= 11 is 0. The van der Waals surface area contributed by atoms with Crippen LogP contribution in [0.15, 0.2) is 29.2 Å². The molecule has 1 heterocycles. The molecule has 0 aromatic heterocycles. The number of nitrogens with zero attached hydrogens (tertiary/aromatic N) is 1. The summed E-state index contributed by atoms with van der Waals surface area (Å²) in [5.74, 6) is -0.623. The number of aryl methyl sites for hydroxylation is 1. The zero-order valence-corrected chi connectivity index (χ0v) is 13.1. The molecule has 1 N–H and O–H groups in total. The second-order valence-corrected chi connectivity index (χ2v) is 6.50. The van der Waals surface area contributed by atoms with Crippen LogP contribution < -0.4 is 4.72 Å². The molecule has 1 saturated heterocycles. The first-order valence-electron chi connectivity index (χ1n) is 6.94. The van der Waals surface area contributed by atoms with Gasteiger partial charge in [-0.15, -0.1) is 0 Å². The SMILES string of the molecule is Cc1ccc(S(=O)N[C@H](C#N)CCC2(C)OCCO2)cc1. The molecule has 1 aliphatic heterocycles. The molecule has 1 aliphatic rings. The van der Waals surface area contributed by atoms with Gasteiger partial charge in [0.15, 0.2) is 5.79 Å². The van der Waals surface area contributed by atoms with Gasteiger partial charge >= 0.3 is 0 Å². The fourth-order valence-electron chi connectivity index (χ4n) is 2.12. The van der Waals surface area contributed by atoms with Crippen LogP contribution in [0.5, 0.6) is 0 Å². The topological polar surface area (TPSA) is 71.4 Å². The maximum Gasteiger partial charge on any atom is 0.165 e. The molecule has 0 aliphatic carbocycles. The van der Waals surface area contributed by atoms with Crippen molar-refractivity contribution in [2.45, 2.75) is 43.4 Å². The maximum absolute atomic E-state index is 12.2. The molecule has 1 aromatic carbocycles. The highest BCUT2D eigenvalue weighted by Crippen LogP contribution is 2.24. The molecule has 114 valence electrons. The van der Waals surface area contributed by atoms with E-state index in [9.17, 15) is 9.47 Å². The summed E-state index contributed by atoms with van der Waals surface area (Å²) in [4.78, 5) is 0.667. The van der Waals surface area contributed by atoms with Crippen LogP contribution >= 0.6 is 0 Å². The van der Waals surface area contributed by atoms with E-state index >= 15 is 0 Å². The quantitative estimate of drug-likeness (QED) is 0.873. The highest BCUT2D eigenvalue weighted by molar-refractivity contribution is 7.83. The Morgan fingerprint density at radius 1 is 1.38 bits per heavy atom. The van der Waals surface area contributed by atoms with Crippen molar-refractivity contribution in [3.05, 3.63) is 29.8 Å². The van der Waals surface area contributed by atoms with Gasteiger partial charge < -0.3 is 9.47 Å². The number of benzene rings is 1. The van der Waals surface area contributed by atoms with E-state index in [1.165, 1.54) is 0 Å². The number of nitrogens with one attached hydrogen (secondary N) is 1. The van der Waals surface area contributed by atoms with Crippen molar-refractivity contribution < 1.29 is 13.7 Å². The Balaban J connectivity index is 1.88. The number of nitriles is 1. The normalized spacial score (nSPS) is 19.9. The molecular formula is C15H20N2O3S. The number of hydrogen-bond donors (Lipinski definition) is 1. The summed E-state index contributed by atoms with van der Waals surface area (Å²) < 4.78 is 26.0. The van der Waals surface area contributed by atoms with Gasteiger partial charge in [-0.05, 0) is 32.4 Å². The molecule has 0 bridgehead atoms. The van der Waals surface area contributed by atoms with E-state index in [-0.39, 0.29) is 0 Å². The minimum Gasteiger partial charge on any atom is -0.348 e. The summed E-state index contributed by atoms with van der Waals surface area (Å²) in [6, 6.07) is 9.04. The van der Waals surface area contributed by atoms with Crippen LogP contribution in [0.25, 0.3) is 0 Å². The smallest absolute Gasteiger partial charge is 0.165 e. The van der Waals surface area contributed by atoms with Crippen molar-refractivity contribution in [3.8, 4) is 6.07 Å². The lowest BCUT2D eigenvalue weighted by molar-refractivity contribution is -0.147. The number of hydrogen-bond acceptors (Lipinski definition) is 4. The largest absolute Gasteiger partial charge is 0.348 e. The van der Waals surface area contributed by atoms with Crippen molar-refractivity contribution in [3.63, 3.8) is 0 Å². The molecule has 6 heteroatoms. The van der Waals surface area contributed by atoms with Gasteiger partial charge in [0.05, 0.1) is 24.2 Å². The molecule has 5 nitrogen and oxygen atoms in total. The Kier molecular flexibility index (Phi) is 5.48. The zero-order chi connectivity index (χ0) is 15.3. The summed E-state index contributed by atoms with van der Waals surface area (Å²) in [6.45, 7) is 5.00. The number of rotatable bonds is 6. The molecule has 0 saturated carbocycles. The van der Waals surface area contributed by atoms with Crippen molar-refractivity contribution in [2.24, 2.45) is 0 Å². The first-order valence-corrected chi connectivity index (χ1v) is 8.09. The van der Waals surface area contributed by atoms with E-state index in [0.29, 0.717) is 31.0 Å². The molecule has 1 unspecified atom stereocenters. The average Bonchev–Trinajstić information content (AvgIpc) is 2.91. The Hall–Kier alpha value is -1.26. The molecule has 0 amide bonds. The zero-order valence-electron chi connectivity index (χ0n) is 12.3. The fraction of sp³-hybridized carbons (Fsp3) is 0.533. The van der Waals surface area contributed by atoms with Gasteiger partial charge in [0.25, 0.3) is 0 Å². The van der Waals surface area contributed by atoms with Crippen LogP contribution in [0.3, 0.4) is 0 Å². The minimum absolute atomic E-state index is 0.503. The van der Waals surface area contributed by atoms with Crippen molar-refractivity contribution in [2.75, 3.05) is 13.2 Å². The van der Waals surface area contributed by atoms with Gasteiger partial charge in [-0.25, -0.2) is 8.93 Å². The van der Waals surface area contributed by atoms with Gasteiger partial charge in [0.1, 0.15) is 17.0 Å². The Morgan fingerprint density at radius 2 is 2.00 bits per heavy atom. The van der Waals surface area contributed by atoms with Crippen molar-refractivity contribution in [1.82, 2.24) is 4.72 Å². The van der Waals surface area contributed by atoms with Crippen LogP contribution in [-0.4, -0.2) is 29.3 Å². The fourth-order valence-corrected chi connectivity index (χ4v) is 3.06. The number of ether oxygens (including phenoxy) is 2. The van der Waals surface area contributed by atoms with E-state index in [1.807, 2.05) is 26.0 Å². The van der Waals surface area contributed by atoms with E-state index in [2.05, 4.69) is 10.8 Å². The summed E-state index contributed by atoms with van der Waals surface area (Å²) in [7, 11) is -1.39. The Morgan fingerprint density at radius 3 is 2.57 bits per heavy atom. The van der Waals surface area contributed by atoms with Crippen LogP contribution in [0.4, 0.5) is 0 Å². The first kappa shape index (κ1) is 16.1. The third-order valence-corrected chi connectivity index (χ3v) is 4.62. The summed E-state index contributed by atoms with van der Waals surface area (Å²) in [5, 5.41) is 9.20. The molecule has 0 spiro atoms. The first-order chi connectivity index (χ1) is 10.0. The van der Waals surface area contributed by atoms with Crippen LogP contribution in [-0.2, 0) is 20.5 Å². The molecule has 2 atom stereocenters. The highest BCUT2D eigenvalue weighted by atomic mass is 32.2. The van der Waals surface area contributed by atoms with E-state index in [4.69, 9.17) is 9.47 Å². The molecule has 2 rings (SSSR count). The van der Waals surface area contributed by atoms with Crippen LogP contribution in [0, 0.1) is 18.3 Å². The van der Waals surface area contributed by atoms with Crippen molar-refractivity contribution >= 4 is 11.0 Å². The van der Waals surface area contributed by atoms with Gasteiger partial charge in [-0.2, -0.15) is 5.26 Å². The van der Waals surface area contributed by atoms with Gasteiger partial charge in [0.2, 0.25) is 0 Å². The van der Waals surface area contributed by atoms with Gasteiger partial charge in [0, 0.05) is 6.42 Å². The average molecular weight is 308 g/mol. The predicted molar refractivity (Wildman–Crippen MR) is 79.7 cm³/mol. The van der Waals surface area contributed by atoms with E-state index in [1.54, 1.807) is 12.1 Å². The molecule has 21 heavy (non-hydrogen) atoms.